The second-order valence-corrected chi connectivity index (χ2v) is 10.6. The van der Waals surface area contributed by atoms with Crippen LogP contribution in [0.1, 0.15) is 31.7 Å². The van der Waals surface area contributed by atoms with Crippen molar-refractivity contribution in [2.75, 3.05) is 36.4 Å². The Morgan fingerprint density at radius 3 is 2.58 bits per heavy atom. The molecule has 0 saturated carbocycles. The van der Waals surface area contributed by atoms with Gasteiger partial charge in [0.05, 0.1) is 5.56 Å². The molecule has 5 rings (SSSR count). The summed E-state index contributed by atoms with van der Waals surface area (Å²) in [5.74, 6) is 1.37. The number of benzene rings is 2. The van der Waals surface area contributed by atoms with E-state index in [1.165, 1.54) is 6.07 Å². The number of urea groups is 1. The van der Waals surface area contributed by atoms with Gasteiger partial charge in [-0.2, -0.15) is 18.2 Å². The number of alkyl halides is 3. The van der Waals surface area contributed by atoms with Crippen molar-refractivity contribution in [1.29, 1.82) is 0 Å². The van der Waals surface area contributed by atoms with Gasteiger partial charge < -0.3 is 19.6 Å². The number of carbonyl (C=O) groups excluding carboxylic acids is 1. The van der Waals surface area contributed by atoms with E-state index in [4.69, 9.17) is 21.1 Å². The van der Waals surface area contributed by atoms with Crippen LogP contribution in [0.25, 0.3) is 22.4 Å². The van der Waals surface area contributed by atoms with Gasteiger partial charge in [-0.15, -0.1) is 0 Å². The van der Waals surface area contributed by atoms with Gasteiger partial charge in [0.15, 0.2) is 0 Å². The number of carbonyl (C=O) groups is 1. The van der Waals surface area contributed by atoms with Crippen molar-refractivity contribution in [2.45, 2.75) is 32.9 Å². The summed E-state index contributed by atoms with van der Waals surface area (Å²) in [5.41, 5.74) is 0.580. The maximum atomic E-state index is 13.5. The number of aromatic nitrogens is 3. The zero-order valence-electron chi connectivity index (χ0n) is 22.0. The third-order valence-corrected chi connectivity index (χ3v) is 6.85. The first-order valence-corrected chi connectivity index (χ1v) is 13.4. The first-order chi connectivity index (χ1) is 19.1. The number of nitrogens with one attached hydrogen (secondary N) is 1. The van der Waals surface area contributed by atoms with Crippen molar-refractivity contribution < 1.29 is 22.5 Å². The van der Waals surface area contributed by atoms with E-state index < -0.39 is 11.7 Å². The largest absolute Gasteiger partial charge is 0.416 e. The molecular weight excluding hydrogens is 545 g/mol. The first kappa shape index (κ1) is 27.7. The quantitative estimate of drug-likeness (QED) is 0.280. The fraction of sp³-hybridized carbons (Fsp3) is 0.357. The van der Waals surface area contributed by atoms with Crippen LogP contribution in [0.3, 0.4) is 0 Å². The second kappa shape index (κ2) is 11.3. The fourth-order valence-corrected chi connectivity index (χ4v) is 4.80. The molecule has 1 N–H and O–H groups in total. The molecule has 0 spiro atoms. The maximum absolute atomic E-state index is 13.5. The summed E-state index contributed by atoms with van der Waals surface area (Å²) in [4.78, 5) is 26.1. The Kier molecular flexibility index (Phi) is 7.84. The highest BCUT2D eigenvalue weighted by atomic mass is 35.5. The molecule has 2 amide bonds. The maximum Gasteiger partial charge on any atom is 0.416 e. The molecule has 1 saturated heterocycles. The number of fused-ring (bicyclic) bond motifs is 1. The average molecular weight is 573 g/mol. The minimum atomic E-state index is -4.50. The van der Waals surface area contributed by atoms with E-state index in [0.29, 0.717) is 66.8 Å². The molecule has 2 aromatic heterocycles. The van der Waals surface area contributed by atoms with E-state index in [2.05, 4.69) is 15.5 Å². The molecule has 3 heterocycles. The number of hydrogen-bond acceptors (Lipinski definition) is 6. The summed E-state index contributed by atoms with van der Waals surface area (Å²) in [6.45, 7) is 6.05. The van der Waals surface area contributed by atoms with Crippen LogP contribution in [-0.2, 0) is 12.6 Å². The minimum absolute atomic E-state index is 0.217. The summed E-state index contributed by atoms with van der Waals surface area (Å²) < 4.78 is 45.9. The number of nitrogens with zero attached hydrogens (tertiary/aromatic N) is 5. The number of anilines is 2. The van der Waals surface area contributed by atoms with Gasteiger partial charge in [0.25, 0.3) is 5.71 Å². The second-order valence-electron chi connectivity index (χ2n) is 10.1. The van der Waals surface area contributed by atoms with Crippen LogP contribution >= 0.6 is 11.6 Å². The van der Waals surface area contributed by atoms with E-state index in [-0.39, 0.29) is 28.9 Å². The van der Waals surface area contributed by atoms with E-state index in [0.717, 1.165) is 12.1 Å². The van der Waals surface area contributed by atoms with E-state index >= 15 is 0 Å². The molecule has 8 nitrogen and oxygen atoms in total. The van der Waals surface area contributed by atoms with Crippen LogP contribution < -0.4 is 10.2 Å². The van der Waals surface area contributed by atoms with E-state index in [1.807, 2.05) is 18.7 Å². The summed E-state index contributed by atoms with van der Waals surface area (Å²) in [6, 6.07) is 11.6. The highest BCUT2D eigenvalue weighted by Crippen LogP contribution is 2.37. The zero-order valence-corrected chi connectivity index (χ0v) is 22.8. The zero-order chi connectivity index (χ0) is 28.4. The van der Waals surface area contributed by atoms with Crippen molar-refractivity contribution in [2.24, 2.45) is 5.92 Å². The van der Waals surface area contributed by atoms with Crippen molar-refractivity contribution in [1.82, 2.24) is 20.0 Å². The molecule has 12 heteroatoms. The van der Waals surface area contributed by atoms with Gasteiger partial charge in [-0.3, -0.25) is 0 Å². The topological polar surface area (TPSA) is 87.4 Å². The lowest BCUT2D eigenvalue weighted by atomic mass is 10.1. The monoisotopic (exact) mass is 572 g/mol. The molecular formula is C28H28ClF3N6O2. The Morgan fingerprint density at radius 1 is 1.07 bits per heavy atom. The van der Waals surface area contributed by atoms with Crippen molar-refractivity contribution in [3.8, 4) is 11.3 Å². The molecule has 1 aliphatic rings. The highest BCUT2D eigenvalue weighted by molar-refractivity contribution is 6.30. The molecule has 1 aliphatic heterocycles. The average Bonchev–Trinajstić information content (AvgIpc) is 3.17. The molecule has 0 bridgehead atoms. The van der Waals surface area contributed by atoms with Crippen LogP contribution in [0.5, 0.6) is 0 Å². The van der Waals surface area contributed by atoms with Crippen LogP contribution in [-0.4, -0.2) is 52.2 Å². The van der Waals surface area contributed by atoms with Crippen molar-refractivity contribution >= 4 is 40.2 Å². The standard InChI is InChI=1S/C28H28ClF3N6O2/c1-17(2)15-22-34-25(23-24(36-40-26(23)35-22)18-5-3-6-19(16-18)28(30,31)32)37-11-4-12-38(14-13-37)27(39)33-21-9-7-20(29)8-10-21/h3,5-10,16-17H,4,11-15H2,1-2H3,(H,33,39). The third kappa shape index (κ3) is 6.14. The number of amides is 2. The van der Waals surface area contributed by atoms with Crippen molar-refractivity contribution in [3.05, 3.63) is 64.9 Å². The van der Waals surface area contributed by atoms with E-state index in [1.54, 1.807) is 35.2 Å². The lowest BCUT2D eigenvalue weighted by molar-refractivity contribution is -0.137. The Balaban J connectivity index is 1.47. The molecule has 40 heavy (non-hydrogen) atoms. The van der Waals surface area contributed by atoms with Crippen LogP contribution in [0, 0.1) is 5.92 Å². The molecule has 0 unspecified atom stereocenters. The van der Waals surface area contributed by atoms with E-state index in [9.17, 15) is 18.0 Å². The Bertz CT molecular complexity index is 1510. The summed E-state index contributed by atoms with van der Waals surface area (Å²) in [7, 11) is 0. The smallest absolute Gasteiger partial charge is 0.354 e. The minimum Gasteiger partial charge on any atom is -0.354 e. The Labute approximate surface area is 234 Å². The normalized spacial score (nSPS) is 14.6. The lowest BCUT2D eigenvalue weighted by Crippen LogP contribution is -2.38. The number of halogens is 4. The number of hydrogen-bond donors (Lipinski definition) is 1. The van der Waals surface area contributed by atoms with Crippen molar-refractivity contribution in [3.63, 3.8) is 0 Å². The summed E-state index contributed by atoms with van der Waals surface area (Å²) in [6.07, 6.45) is -3.25. The molecule has 4 aromatic rings. The van der Waals surface area contributed by atoms with Crippen LogP contribution in [0.4, 0.5) is 29.5 Å². The number of rotatable bonds is 5. The van der Waals surface area contributed by atoms with Gasteiger partial charge in [0.1, 0.15) is 22.7 Å². The predicted molar refractivity (Wildman–Crippen MR) is 147 cm³/mol. The SMILES string of the molecule is CC(C)Cc1nc(N2CCCN(C(=O)Nc3ccc(Cl)cc3)CC2)c2c(-c3cccc(C(F)(F)F)c3)noc2n1. The van der Waals surface area contributed by atoms with Gasteiger partial charge in [0, 0.05) is 48.9 Å². The molecule has 2 aromatic carbocycles. The highest BCUT2D eigenvalue weighted by Gasteiger charge is 2.32. The predicted octanol–water partition coefficient (Wildman–Crippen LogP) is 6.90. The molecule has 210 valence electrons. The van der Waals surface area contributed by atoms with Gasteiger partial charge in [0.2, 0.25) is 0 Å². The van der Waals surface area contributed by atoms with Gasteiger partial charge in [-0.1, -0.05) is 42.7 Å². The summed E-state index contributed by atoms with van der Waals surface area (Å²) in [5, 5.41) is 8.05. The van der Waals surface area contributed by atoms with Gasteiger partial charge in [-0.05, 0) is 48.7 Å². The molecule has 0 aliphatic carbocycles. The van der Waals surface area contributed by atoms with Gasteiger partial charge >= 0.3 is 12.2 Å². The Hall–Kier alpha value is -3.86. The summed E-state index contributed by atoms with van der Waals surface area (Å²) >= 11 is 5.94. The van der Waals surface area contributed by atoms with Crippen LogP contribution in [0.15, 0.2) is 53.1 Å². The molecule has 0 radical (unpaired) electrons. The fourth-order valence-electron chi connectivity index (χ4n) is 4.67. The Morgan fingerprint density at radius 2 is 1.85 bits per heavy atom. The van der Waals surface area contributed by atoms with Gasteiger partial charge in [-0.25, -0.2) is 9.78 Å². The first-order valence-electron chi connectivity index (χ1n) is 13.0. The van der Waals surface area contributed by atoms with Crippen LogP contribution in [0.2, 0.25) is 5.02 Å². The molecule has 1 fully saturated rings. The lowest BCUT2D eigenvalue weighted by Gasteiger charge is -2.24. The molecule has 0 atom stereocenters. The third-order valence-electron chi connectivity index (χ3n) is 6.60.